The second kappa shape index (κ2) is 4.81. The SMILES string of the molecule is C/C=C\C[C@H](N)CN. The minimum absolute atomic E-state index is 0.145. The third-order valence-corrected chi connectivity index (χ3v) is 0.977. The van der Waals surface area contributed by atoms with Gasteiger partial charge in [0.1, 0.15) is 0 Å². The maximum Gasteiger partial charge on any atom is 0.0197 e. The van der Waals surface area contributed by atoms with Crippen molar-refractivity contribution in [1.82, 2.24) is 0 Å². The van der Waals surface area contributed by atoms with Crippen molar-refractivity contribution in [2.45, 2.75) is 19.4 Å². The summed E-state index contributed by atoms with van der Waals surface area (Å²) in [5, 5.41) is 0. The number of hydrogen-bond acceptors (Lipinski definition) is 2. The zero-order valence-electron chi connectivity index (χ0n) is 5.30. The van der Waals surface area contributed by atoms with Crippen molar-refractivity contribution >= 4 is 0 Å². The lowest BCUT2D eigenvalue weighted by Gasteiger charge is -2.01. The standard InChI is InChI=1S/C6H14N2/c1-2-3-4-6(8)5-7/h2-3,6H,4-5,7-8H2,1H3/b3-2-/t6-/m0/s1. The molecule has 0 spiro atoms. The van der Waals surface area contributed by atoms with Gasteiger partial charge in [0, 0.05) is 12.6 Å². The lowest BCUT2D eigenvalue weighted by molar-refractivity contribution is 0.693. The maximum absolute atomic E-state index is 5.48. The van der Waals surface area contributed by atoms with Crippen LogP contribution in [-0.2, 0) is 0 Å². The Bertz CT molecular complexity index is 68.9. The molecule has 0 unspecified atom stereocenters. The number of rotatable bonds is 3. The Morgan fingerprint density at radius 1 is 1.62 bits per heavy atom. The molecule has 0 aliphatic heterocycles. The van der Waals surface area contributed by atoms with Crippen molar-refractivity contribution in [2.24, 2.45) is 11.5 Å². The lowest BCUT2D eigenvalue weighted by atomic mass is 10.2. The van der Waals surface area contributed by atoms with Crippen molar-refractivity contribution in [3.8, 4) is 0 Å². The Balaban J connectivity index is 3.10. The van der Waals surface area contributed by atoms with Gasteiger partial charge >= 0.3 is 0 Å². The summed E-state index contributed by atoms with van der Waals surface area (Å²) in [5.74, 6) is 0. The van der Waals surface area contributed by atoms with Crippen molar-refractivity contribution in [1.29, 1.82) is 0 Å². The average molecular weight is 114 g/mol. The molecule has 0 heterocycles. The molecule has 0 aromatic heterocycles. The van der Waals surface area contributed by atoms with Crippen molar-refractivity contribution in [3.05, 3.63) is 12.2 Å². The largest absolute Gasteiger partial charge is 0.329 e. The third-order valence-electron chi connectivity index (χ3n) is 0.977. The van der Waals surface area contributed by atoms with E-state index in [0.29, 0.717) is 6.54 Å². The van der Waals surface area contributed by atoms with Gasteiger partial charge in [-0.3, -0.25) is 0 Å². The molecule has 0 bridgehead atoms. The molecule has 0 fully saturated rings. The van der Waals surface area contributed by atoms with E-state index in [9.17, 15) is 0 Å². The molecular weight excluding hydrogens is 100 g/mol. The molecule has 0 amide bonds. The molecule has 0 aromatic carbocycles. The average Bonchev–Trinajstić information content (AvgIpc) is 1.83. The Morgan fingerprint density at radius 3 is 2.62 bits per heavy atom. The van der Waals surface area contributed by atoms with Gasteiger partial charge in [-0.15, -0.1) is 0 Å². The smallest absolute Gasteiger partial charge is 0.0197 e. The van der Waals surface area contributed by atoms with E-state index in [1.54, 1.807) is 0 Å². The van der Waals surface area contributed by atoms with Crippen molar-refractivity contribution < 1.29 is 0 Å². The van der Waals surface area contributed by atoms with E-state index in [0.717, 1.165) is 6.42 Å². The highest BCUT2D eigenvalue weighted by Crippen LogP contribution is 1.85. The van der Waals surface area contributed by atoms with E-state index in [1.807, 2.05) is 19.1 Å². The van der Waals surface area contributed by atoms with Crippen LogP contribution in [0.3, 0.4) is 0 Å². The number of allylic oxidation sites excluding steroid dienone is 1. The van der Waals surface area contributed by atoms with E-state index in [4.69, 9.17) is 11.5 Å². The Hall–Kier alpha value is -0.340. The molecule has 4 N–H and O–H groups in total. The molecule has 2 heteroatoms. The molecule has 0 aromatic rings. The van der Waals surface area contributed by atoms with Crippen LogP contribution < -0.4 is 11.5 Å². The summed E-state index contributed by atoms with van der Waals surface area (Å²) in [7, 11) is 0. The molecule has 0 radical (unpaired) electrons. The molecule has 0 saturated carbocycles. The van der Waals surface area contributed by atoms with Crippen LogP contribution in [0.4, 0.5) is 0 Å². The van der Waals surface area contributed by atoms with Gasteiger partial charge in [-0.05, 0) is 13.3 Å². The highest BCUT2D eigenvalue weighted by molar-refractivity contribution is 4.81. The van der Waals surface area contributed by atoms with Gasteiger partial charge in [-0.2, -0.15) is 0 Å². The zero-order chi connectivity index (χ0) is 6.41. The van der Waals surface area contributed by atoms with E-state index in [-0.39, 0.29) is 6.04 Å². The molecule has 0 saturated heterocycles. The molecule has 0 rings (SSSR count). The second-order valence-corrected chi connectivity index (χ2v) is 1.80. The van der Waals surface area contributed by atoms with E-state index in [1.165, 1.54) is 0 Å². The van der Waals surface area contributed by atoms with Crippen LogP contribution in [0.1, 0.15) is 13.3 Å². The molecule has 1 atom stereocenters. The zero-order valence-corrected chi connectivity index (χ0v) is 5.30. The normalized spacial score (nSPS) is 14.9. The molecule has 0 aliphatic rings. The van der Waals surface area contributed by atoms with Crippen LogP contribution in [0, 0.1) is 0 Å². The molecule has 2 nitrogen and oxygen atoms in total. The van der Waals surface area contributed by atoms with Gasteiger partial charge < -0.3 is 11.5 Å². The summed E-state index contributed by atoms with van der Waals surface area (Å²) in [6.07, 6.45) is 4.90. The number of hydrogen-bond donors (Lipinski definition) is 2. The first-order valence-electron chi connectivity index (χ1n) is 2.88. The topological polar surface area (TPSA) is 52.0 Å². The van der Waals surface area contributed by atoms with Crippen LogP contribution in [0.5, 0.6) is 0 Å². The maximum atomic E-state index is 5.48. The van der Waals surface area contributed by atoms with Crippen LogP contribution >= 0.6 is 0 Å². The van der Waals surface area contributed by atoms with Crippen LogP contribution in [0.15, 0.2) is 12.2 Å². The van der Waals surface area contributed by atoms with Crippen LogP contribution in [0.2, 0.25) is 0 Å². The molecular formula is C6H14N2. The van der Waals surface area contributed by atoms with Gasteiger partial charge in [-0.1, -0.05) is 12.2 Å². The second-order valence-electron chi connectivity index (χ2n) is 1.80. The summed E-state index contributed by atoms with van der Waals surface area (Å²) in [6.45, 7) is 2.55. The first-order chi connectivity index (χ1) is 3.81. The third kappa shape index (κ3) is 3.84. The van der Waals surface area contributed by atoms with Crippen molar-refractivity contribution in [2.75, 3.05) is 6.54 Å². The van der Waals surface area contributed by atoms with Gasteiger partial charge in [-0.25, -0.2) is 0 Å². The fraction of sp³-hybridized carbons (Fsp3) is 0.667. The van der Waals surface area contributed by atoms with Gasteiger partial charge in [0.05, 0.1) is 0 Å². The predicted molar refractivity (Wildman–Crippen MR) is 36.5 cm³/mol. The first-order valence-corrected chi connectivity index (χ1v) is 2.88. The highest BCUT2D eigenvalue weighted by atomic mass is 14.7. The predicted octanol–water partition coefficient (Wildman–Crippen LogP) is 0.239. The molecule has 0 aliphatic carbocycles. The summed E-state index contributed by atoms with van der Waals surface area (Å²) in [6, 6.07) is 0.145. The van der Waals surface area contributed by atoms with Gasteiger partial charge in [0.15, 0.2) is 0 Å². The molecule has 8 heavy (non-hydrogen) atoms. The van der Waals surface area contributed by atoms with Crippen LogP contribution in [-0.4, -0.2) is 12.6 Å². The first kappa shape index (κ1) is 7.66. The summed E-state index contributed by atoms with van der Waals surface area (Å²) >= 11 is 0. The fourth-order valence-corrected chi connectivity index (χ4v) is 0.407. The Morgan fingerprint density at radius 2 is 2.25 bits per heavy atom. The van der Waals surface area contributed by atoms with Gasteiger partial charge in [0.2, 0.25) is 0 Å². The monoisotopic (exact) mass is 114 g/mol. The van der Waals surface area contributed by atoms with E-state index >= 15 is 0 Å². The minimum atomic E-state index is 0.145. The van der Waals surface area contributed by atoms with E-state index in [2.05, 4.69) is 0 Å². The summed E-state index contributed by atoms with van der Waals surface area (Å²) in [4.78, 5) is 0. The fourth-order valence-electron chi connectivity index (χ4n) is 0.407. The number of nitrogens with two attached hydrogens (primary N) is 2. The van der Waals surface area contributed by atoms with E-state index < -0.39 is 0 Å². The highest BCUT2D eigenvalue weighted by Gasteiger charge is 1.91. The molecule has 48 valence electrons. The van der Waals surface area contributed by atoms with Crippen molar-refractivity contribution in [3.63, 3.8) is 0 Å². The Kier molecular flexibility index (Phi) is 4.61. The summed E-state index contributed by atoms with van der Waals surface area (Å²) < 4.78 is 0. The van der Waals surface area contributed by atoms with Crippen LogP contribution in [0.25, 0.3) is 0 Å². The van der Waals surface area contributed by atoms with Gasteiger partial charge in [0.25, 0.3) is 0 Å². The minimum Gasteiger partial charge on any atom is -0.329 e. The quantitative estimate of drug-likeness (QED) is 0.516. The Labute approximate surface area is 50.6 Å². The summed E-state index contributed by atoms with van der Waals surface area (Å²) in [5.41, 5.74) is 10.7. The lowest BCUT2D eigenvalue weighted by Crippen LogP contribution is -2.28.